The summed E-state index contributed by atoms with van der Waals surface area (Å²) in [5.41, 5.74) is 1.37. The molecule has 92 valence electrons. The minimum absolute atomic E-state index is 0.201. The van der Waals surface area contributed by atoms with Crippen LogP contribution in [0.1, 0.15) is 24.6 Å². The van der Waals surface area contributed by atoms with E-state index in [0.717, 1.165) is 18.5 Å². The molecule has 4 nitrogen and oxygen atoms in total. The summed E-state index contributed by atoms with van der Waals surface area (Å²) in [6.07, 6.45) is 4.20. The molecule has 0 aliphatic heterocycles. The first-order valence-electron chi connectivity index (χ1n) is 5.52. The van der Waals surface area contributed by atoms with E-state index in [1.165, 1.54) is 0 Å². The van der Waals surface area contributed by atoms with Crippen LogP contribution in [0.15, 0.2) is 18.3 Å². The van der Waals surface area contributed by atoms with Gasteiger partial charge in [0.25, 0.3) is 0 Å². The number of hydrogen-bond donors (Lipinski definition) is 1. The molecule has 0 saturated heterocycles. The topological polar surface area (TPSA) is 65.8 Å². The zero-order valence-electron chi connectivity index (χ0n) is 10.1. The normalized spacial score (nSPS) is 13.9. The Morgan fingerprint density at radius 2 is 2.41 bits per heavy atom. The quantitative estimate of drug-likeness (QED) is 0.772. The van der Waals surface area contributed by atoms with Gasteiger partial charge in [-0.05, 0) is 19.0 Å². The molecular weight excluding hydrogens is 234 g/mol. The van der Waals surface area contributed by atoms with Crippen molar-refractivity contribution in [2.24, 2.45) is 0 Å². The minimum Gasteiger partial charge on any atom is -0.313 e. The van der Waals surface area contributed by atoms with Crippen LogP contribution in [-0.4, -0.2) is 27.2 Å². The Labute approximate surface area is 105 Å². The smallest absolute Gasteiger partial charge is 0.144 e. The van der Waals surface area contributed by atoms with Gasteiger partial charge in [-0.2, -0.15) is 5.26 Å². The van der Waals surface area contributed by atoms with Crippen molar-refractivity contribution < 1.29 is 4.21 Å². The number of aromatic nitrogens is 1. The van der Waals surface area contributed by atoms with Gasteiger partial charge in [-0.3, -0.25) is 4.21 Å². The van der Waals surface area contributed by atoms with Crippen LogP contribution in [0, 0.1) is 11.3 Å². The third-order valence-electron chi connectivity index (χ3n) is 2.61. The summed E-state index contributed by atoms with van der Waals surface area (Å²) in [7, 11) is -0.769. The zero-order valence-corrected chi connectivity index (χ0v) is 11.0. The Kier molecular flexibility index (Phi) is 5.81. The van der Waals surface area contributed by atoms with Crippen LogP contribution < -0.4 is 5.32 Å². The largest absolute Gasteiger partial charge is 0.313 e. The molecule has 0 spiro atoms. The molecule has 0 amide bonds. The molecule has 1 N–H and O–H groups in total. The van der Waals surface area contributed by atoms with Gasteiger partial charge in [0.1, 0.15) is 11.8 Å². The molecule has 0 radical (unpaired) electrons. The number of nitrogens with zero attached hydrogens (tertiary/aromatic N) is 2. The van der Waals surface area contributed by atoms with E-state index >= 15 is 0 Å². The Morgan fingerprint density at radius 1 is 1.65 bits per heavy atom. The van der Waals surface area contributed by atoms with Gasteiger partial charge in [0.05, 0.1) is 0 Å². The molecule has 1 aromatic rings. The van der Waals surface area contributed by atoms with E-state index in [9.17, 15) is 4.21 Å². The highest BCUT2D eigenvalue weighted by Gasteiger charge is 2.06. The van der Waals surface area contributed by atoms with Gasteiger partial charge >= 0.3 is 0 Å². The van der Waals surface area contributed by atoms with Gasteiger partial charge < -0.3 is 5.32 Å². The van der Waals surface area contributed by atoms with Crippen molar-refractivity contribution in [3.63, 3.8) is 0 Å². The molecule has 0 aliphatic carbocycles. The molecule has 0 saturated carbocycles. The number of nitrogens with one attached hydrogen (secondary N) is 1. The average molecular weight is 251 g/mol. The van der Waals surface area contributed by atoms with Gasteiger partial charge in [0.15, 0.2) is 0 Å². The highest BCUT2D eigenvalue weighted by atomic mass is 32.2. The summed E-state index contributed by atoms with van der Waals surface area (Å²) in [5, 5.41) is 12.3. The Hall–Kier alpha value is -1.25. The van der Waals surface area contributed by atoms with Crippen molar-refractivity contribution in [3.8, 4) is 6.07 Å². The lowest BCUT2D eigenvalue weighted by molar-refractivity contribution is 0.627. The van der Waals surface area contributed by atoms with Crippen LogP contribution in [-0.2, 0) is 17.3 Å². The van der Waals surface area contributed by atoms with Crippen LogP contribution in [0.5, 0.6) is 0 Å². The fraction of sp³-hybridized carbons (Fsp3) is 0.500. The van der Waals surface area contributed by atoms with Crippen molar-refractivity contribution in [2.75, 3.05) is 12.8 Å². The van der Waals surface area contributed by atoms with Crippen LogP contribution in [0.2, 0.25) is 0 Å². The SMILES string of the molecule is CC(CCNCc1cccnc1C#N)S(C)=O. The standard InChI is InChI=1S/C12H17N3OS/c1-10(17(2)16)5-7-14-9-11-4-3-6-15-12(11)8-13/h3-4,6,10,14H,5,7,9H2,1-2H3. The predicted octanol–water partition coefficient (Wildman–Crippen LogP) is 1.20. The zero-order chi connectivity index (χ0) is 12.7. The van der Waals surface area contributed by atoms with E-state index in [4.69, 9.17) is 5.26 Å². The molecule has 0 bridgehead atoms. The van der Waals surface area contributed by atoms with Crippen molar-refractivity contribution in [1.82, 2.24) is 10.3 Å². The first-order valence-corrected chi connectivity index (χ1v) is 7.14. The summed E-state index contributed by atoms with van der Waals surface area (Å²) in [6.45, 7) is 3.39. The fourth-order valence-electron chi connectivity index (χ4n) is 1.38. The summed E-state index contributed by atoms with van der Waals surface area (Å²) < 4.78 is 11.1. The molecule has 0 fully saturated rings. The molecule has 1 heterocycles. The van der Waals surface area contributed by atoms with Gasteiger partial charge in [0.2, 0.25) is 0 Å². The molecule has 2 unspecified atom stereocenters. The van der Waals surface area contributed by atoms with E-state index in [0.29, 0.717) is 12.2 Å². The van der Waals surface area contributed by atoms with Gasteiger partial charge in [-0.1, -0.05) is 13.0 Å². The Bertz CT molecular complexity index is 428. The second-order valence-electron chi connectivity index (χ2n) is 3.90. The lowest BCUT2D eigenvalue weighted by Crippen LogP contribution is -2.21. The van der Waals surface area contributed by atoms with Crippen LogP contribution >= 0.6 is 0 Å². The van der Waals surface area contributed by atoms with Crippen molar-refractivity contribution in [3.05, 3.63) is 29.6 Å². The van der Waals surface area contributed by atoms with Crippen LogP contribution in [0.4, 0.5) is 0 Å². The van der Waals surface area contributed by atoms with Gasteiger partial charge in [-0.15, -0.1) is 0 Å². The predicted molar refractivity (Wildman–Crippen MR) is 68.8 cm³/mol. The van der Waals surface area contributed by atoms with E-state index in [-0.39, 0.29) is 5.25 Å². The summed E-state index contributed by atoms with van der Waals surface area (Å²) in [5.74, 6) is 0. The monoisotopic (exact) mass is 251 g/mol. The summed E-state index contributed by atoms with van der Waals surface area (Å²) in [6, 6.07) is 5.77. The number of rotatable bonds is 6. The maximum atomic E-state index is 11.1. The highest BCUT2D eigenvalue weighted by molar-refractivity contribution is 7.84. The third-order valence-corrected chi connectivity index (χ3v) is 3.98. The minimum atomic E-state index is -0.769. The van der Waals surface area contributed by atoms with Crippen LogP contribution in [0.3, 0.4) is 0 Å². The molecule has 0 aromatic carbocycles. The Balaban J connectivity index is 2.37. The molecule has 17 heavy (non-hydrogen) atoms. The number of nitriles is 1. The highest BCUT2D eigenvalue weighted by Crippen LogP contribution is 2.03. The first-order chi connectivity index (χ1) is 8.15. The molecule has 5 heteroatoms. The van der Waals surface area contributed by atoms with E-state index in [1.54, 1.807) is 12.5 Å². The molecule has 1 rings (SSSR count). The van der Waals surface area contributed by atoms with Crippen LogP contribution in [0.25, 0.3) is 0 Å². The number of pyridine rings is 1. The molecule has 2 atom stereocenters. The first kappa shape index (κ1) is 13.8. The second kappa shape index (κ2) is 7.15. The lowest BCUT2D eigenvalue weighted by atomic mass is 10.2. The van der Waals surface area contributed by atoms with Crippen molar-refractivity contribution in [1.29, 1.82) is 5.26 Å². The van der Waals surface area contributed by atoms with E-state index in [2.05, 4.69) is 16.4 Å². The van der Waals surface area contributed by atoms with Crippen molar-refractivity contribution in [2.45, 2.75) is 25.1 Å². The van der Waals surface area contributed by atoms with Crippen molar-refractivity contribution >= 4 is 10.8 Å². The third kappa shape index (κ3) is 4.63. The molecule has 0 aliphatic rings. The van der Waals surface area contributed by atoms with E-state index < -0.39 is 10.8 Å². The molecular formula is C12H17N3OS. The second-order valence-corrected chi connectivity index (χ2v) is 5.70. The average Bonchev–Trinajstić information content (AvgIpc) is 2.34. The summed E-state index contributed by atoms with van der Waals surface area (Å²) >= 11 is 0. The summed E-state index contributed by atoms with van der Waals surface area (Å²) in [4.78, 5) is 3.99. The van der Waals surface area contributed by atoms with Gasteiger partial charge in [0, 0.05) is 40.6 Å². The molecule has 1 aromatic heterocycles. The Morgan fingerprint density at radius 3 is 3.06 bits per heavy atom. The maximum absolute atomic E-state index is 11.1. The maximum Gasteiger partial charge on any atom is 0.144 e. The number of hydrogen-bond acceptors (Lipinski definition) is 4. The fourth-order valence-corrected chi connectivity index (χ4v) is 1.83. The van der Waals surface area contributed by atoms with E-state index in [1.807, 2.05) is 19.1 Å². The van der Waals surface area contributed by atoms with Gasteiger partial charge in [-0.25, -0.2) is 4.98 Å². The lowest BCUT2D eigenvalue weighted by Gasteiger charge is -2.09.